The zero-order valence-corrected chi connectivity index (χ0v) is 13.7. The Labute approximate surface area is 132 Å². The van der Waals surface area contributed by atoms with Gasteiger partial charge in [0.25, 0.3) is 5.91 Å². The van der Waals surface area contributed by atoms with Crippen LogP contribution in [0, 0.1) is 12.7 Å². The minimum Gasteiger partial charge on any atom is -0.325 e. The lowest BCUT2D eigenvalue weighted by atomic mass is 10.0. The van der Waals surface area contributed by atoms with Crippen LogP contribution in [0.5, 0.6) is 0 Å². The number of likely N-dealkylation sites (N-methyl/N-ethyl adjacent to an activating group) is 1. The predicted molar refractivity (Wildman–Crippen MR) is 84.1 cm³/mol. The summed E-state index contributed by atoms with van der Waals surface area (Å²) in [5.74, 6) is -1.79. The molecule has 1 N–H and O–H groups in total. The molecule has 0 aliphatic rings. The highest BCUT2D eigenvalue weighted by atomic mass is 32.2. The number of anilines is 1. The second kappa shape index (κ2) is 7.90. The van der Waals surface area contributed by atoms with Gasteiger partial charge in [0, 0.05) is 11.9 Å². The van der Waals surface area contributed by atoms with Gasteiger partial charge < -0.3 is 10.2 Å². The summed E-state index contributed by atoms with van der Waals surface area (Å²) in [7, 11) is 3.49. The summed E-state index contributed by atoms with van der Waals surface area (Å²) in [5.41, 5.74) is 0.380. The Balaban J connectivity index is 3.15. The minimum atomic E-state index is -0.763. The molecule has 3 amide bonds. The third-order valence-electron chi connectivity index (χ3n) is 2.85. The van der Waals surface area contributed by atoms with Crippen LogP contribution in [0.15, 0.2) is 12.1 Å². The monoisotopic (exact) mass is 327 g/mol. The fourth-order valence-corrected chi connectivity index (χ4v) is 2.18. The number of hydrogen-bond acceptors (Lipinski definition) is 5. The van der Waals surface area contributed by atoms with Gasteiger partial charge in [-0.2, -0.15) is 0 Å². The Morgan fingerprint density at radius 2 is 2.00 bits per heavy atom. The Hall–Kier alpha value is -1.93. The van der Waals surface area contributed by atoms with Gasteiger partial charge in [0.05, 0.1) is 12.1 Å². The molecule has 1 rings (SSSR count). The van der Waals surface area contributed by atoms with Gasteiger partial charge in [0.1, 0.15) is 5.82 Å². The van der Waals surface area contributed by atoms with Crippen LogP contribution in [0.4, 0.5) is 10.1 Å². The quantitative estimate of drug-likeness (QED) is 0.633. The highest BCUT2D eigenvalue weighted by Crippen LogP contribution is 2.24. The molecule has 0 aliphatic heterocycles. The van der Waals surface area contributed by atoms with E-state index < -0.39 is 11.7 Å². The van der Waals surface area contributed by atoms with Crippen LogP contribution >= 0.6 is 11.9 Å². The third-order valence-corrected chi connectivity index (χ3v) is 3.50. The average molecular weight is 327 g/mol. The van der Waals surface area contributed by atoms with Gasteiger partial charge in [-0.1, -0.05) is 0 Å². The molecule has 120 valence electrons. The van der Waals surface area contributed by atoms with Crippen molar-refractivity contribution in [2.45, 2.75) is 6.92 Å². The van der Waals surface area contributed by atoms with Gasteiger partial charge >= 0.3 is 0 Å². The normalized spacial score (nSPS) is 10.5. The maximum absolute atomic E-state index is 14.0. The van der Waals surface area contributed by atoms with Gasteiger partial charge in [-0.05, 0) is 50.7 Å². The van der Waals surface area contributed by atoms with Crippen molar-refractivity contribution in [2.24, 2.45) is 0 Å². The van der Waals surface area contributed by atoms with Crippen molar-refractivity contribution in [1.82, 2.24) is 9.21 Å². The SMILES string of the molecule is CSN(C=O)C(=O)c1c(F)ccc(NC(=O)CN(C)C)c1C. The molecule has 6 nitrogen and oxygen atoms in total. The van der Waals surface area contributed by atoms with E-state index in [-0.39, 0.29) is 23.6 Å². The molecule has 0 aliphatic carbocycles. The average Bonchev–Trinajstić information content (AvgIpc) is 2.42. The molecule has 0 aromatic heterocycles. The zero-order chi connectivity index (χ0) is 16.9. The molecule has 0 unspecified atom stereocenters. The lowest BCUT2D eigenvalue weighted by Gasteiger charge is -2.17. The van der Waals surface area contributed by atoms with Gasteiger partial charge in [-0.3, -0.25) is 14.4 Å². The van der Waals surface area contributed by atoms with Crippen molar-refractivity contribution in [2.75, 3.05) is 32.2 Å². The van der Waals surface area contributed by atoms with E-state index in [1.807, 2.05) is 0 Å². The highest BCUT2D eigenvalue weighted by molar-refractivity contribution is 7.97. The molecule has 1 aromatic carbocycles. The first kappa shape index (κ1) is 18.1. The number of benzene rings is 1. The number of halogens is 1. The molecule has 0 fully saturated rings. The van der Waals surface area contributed by atoms with Crippen LogP contribution in [0.25, 0.3) is 0 Å². The van der Waals surface area contributed by atoms with Crippen molar-refractivity contribution >= 4 is 35.9 Å². The predicted octanol–water partition coefficient (Wildman–Crippen LogP) is 1.51. The number of imide groups is 1. The van der Waals surface area contributed by atoms with Crippen LogP contribution in [0.3, 0.4) is 0 Å². The molecule has 22 heavy (non-hydrogen) atoms. The van der Waals surface area contributed by atoms with Gasteiger partial charge in [-0.25, -0.2) is 8.70 Å². The van der Waals surface area contributed by atoms with Crippen molar-refractivity contribution in [3.05, 3.63) is 29.1 Å². The summed E-state index contributed by atoms with van der Waals surface area (Å²) in [4.78, 5) is 36.5. The van der Waals surface area contributed by atoms with Crippen molar-refractivity contribution < 1.29 is 18.8 Å². The van der Waals surface area contributed by atoms with E-state index in [0.717, 1.165) is 22.3 Å². The molecule has 0 heterocycles. The number of nitrogens with zero attached hydrogens (tertiary/aromatic N) is 2. The van der Waals surface area contributed by atoms with Crippen molar-refractivity contribution in [3.63, 3.8) is 0 Å². The Bertz CT molecular complexity index is 593. The lowest BCUT2D eigenvalue weighted by molar-refractivity contribution is -0.116. The van der Waals surface area contributed by atoms with Crippen LogP contribution in [-0.4, -0.2) is 54.3 Å². The van der Waals surface area contributed by atoms with Gasteiger partial charge in [-0.15, -0.1) is 0 Å². The first-order valence-electron chi connectivity index (χ1n) is 6.38. The van der Waals surface area contributed by atoms with E-state index in [1.165, 1.54) is 19.2 Å². The van der Waals surface area contributed by atoms with Crippen LogP contribution in [0.1, 0.15) is 15.9 Å². The van der Waals surface area contributed by atoms with E-state index in [2.05, 4.69) is 5.32 Å². The smallest absolute Gasteiger partial charge is 0.273 e. The summed E-state index contributed by atoms with van der Waals surface area (Å²) in [6, 6.07) is 2.48. The topological polar surface area (TPSA) is 69.7 Å². The first-order valence-corrected chi connectivity index (χ1v) is 7.56. The number of carbonyl (C=O) groups is 3. The van der Waals surface area contributed by atoms with E-state index in [1.54, 1.807) is 19.0 Å². The van der Waals surface area contributed by atoms with E-state index in [0.29, 0.717) is 12.1 Å². The lowest BCUT2D eigenvalue weighted by Crippen LogP contribution is -2.28. The van der Waals surface area contributed by atoms with Crippen molar-refractivity contribution in [1.29, 1.82) is 0 Å². The fraction of sp³-hybridized carbons (Fsp3) is 0.357. The Morgan fingerprint density at radius 1 is 1.36 bits per heavy atom. The standard InChI is InChI=1S/C14H18FN3O3S/c1-9-11(16-12(20)7-17(2)3)6-5-10(15)13(9)14(21)18(8-19)22-4/h5-6,8H,7H2,1-4H3,(H,16,20). The van der Waals surface area contributed by atoms with E-state index in [9.17, 15) is 18.8 Å². The number of carbonyl (C=O) groups excluding carboxylic acids is 3. The minimum absolute atomic E-state index is 0.158. The third kappa shape index (κ3) is 4.28. The highest BCUT2D eigenvalue weighted by Gasteiger charge is 2.23. The molecule has 0 spiro atoms. The summed E-state index contributed by atoms with van der Waals surface area (Å²) in [5, 5.41) is 2.63. The second-order valence-electron chi connectivity index (χ2n) is 4.80. The molecule has 0 saturated heterocycles. The fourth-order valence-electron chi connectivity index (χ4n) is 1.84. The maximum Gasteiger partial charge on any atom is 0.273 e. The number of hydrogen-bond donors (Lipinski definition) is 1. The van der Waals surface area contributed by atoms with Crippen LogP contribution in [0.2, 0.25) is 0 Å². The second-order valence-corrected chi connectivity index (χ2v) is 5.56. The summed E-state index contributed by atoms with van der Waals surface area (Å²) >= 11 is 0.873. The van der Waals surface area contributed by atoms with E-state index in [4.69, 9.17) is 0 Å². The van der Waals surface area contributed by atoms with Gasteiger partial charge in [0.2, 0.25) is 12.3 Å². The summed E-state index contributed by atoms with van der Waals surface area (Å²) < 4.78 is 14.8. The molecule has 1 aromatic rings. The maximum atomic E-state index is 14.0. The number of nitrogens with one attached hydrogen (secondary N) is 1. The molecule has 8 heteroatoms. The number of rotatable bonds is 6. The molecular weight excluding hydrogens is 309 g/mol. The molecule has 0 radical (unpaired) electrons. The summed E-state index contributed by atoms with van der Waals surface area (Å²) in [6.07, 6.45) is 1.85. The zero-order valence-electron chi connectivity index (χ0n) is 12.8. The van der Waals surface area contributed by atoms with Gasteiger partial charge in [0.15, 0.2) is 0 Å². The van der Waals surface area contributed by atoms with Crippen LogP contribution in [-0.2, 0) is 9.59 Å². The van der Waals surface area contributed by atoms with Crippen LogP contribution < -0.4 is 5.32 Å². The largest absolute Gasteiger partial charge is 0.325 e. The Kier molecular flexibility index (Phi) is 6.51. The molecule has 0 atom stereocenters. The molecule has 0 bridgehead atoms. The molecule has 0 saturated carbocycles. The Morgan fingerprint density at radius 3 is 2.50 bits per heavy atom. The molecular formula is C14H18FN3O3S. The summed E-state index contributed by atoms with van der Waals surface area (Å²) in [6.45, 7) is 1.68. The van der Waals surface area contributed by atoms with E-state index >= 15 is 0 Å². The number of amides is 3. The first-order chi connectivity index (χ1) is 10.3. The van der Waals surface area contributed by atoms with Crippen molar-refractivity contribution in [3.8, 4) is 0 Å².